The molecule has 1 fully saturated rings. The summed E-state index contributed by atoms with van der Waals surface area (Å²) in [7, 11) is 0. The lowest BCUT2D eigenvalue weighted by atomic mass is 10.1. The number of halogens is 4. The molecule has 0 atom stereocenters. The predicted molar refractivity (Wildman–Crippen MR) is 102 cm³/mol. The van der Waals surface area contributed by atoms with Crippen LogP contribution in [0, 0.1) is 5.82 Å². The van der Waals surface area contributed by atoms with Gasteiger partial charge in [-0.1, -0.05) is 35.5 Å². The second-order valence-corrected chi connectivity index (χ2v) is 7.23. The molecule has 0 aliphatic carbocycles. The minimum Gasteiger partial charge on any atom is -0.338 e. The molecule has 0 spiro atoms. The minimum absolute atomic E-state index is 0.134. The molecular formula is C21H20F4N4O. The van der Waals surface area contributed by atoms with E-state index in [1.54, 1.807) is 12.1 Å². The molecule has 1 aromatic heterocycles. The van der Waals surface area contributed by atoms with Crippen LogP contribution in [0.2, 0.25) is 0 Å². The lowest BCUT2D eigenvalue weighted by molar-refractivity contribution is -0.137. The summed E-state index contributed by atoms with van der Waals surface area (Å²) in [5, 5.41) is 3.82. The van der Waals surface area contributed by atoms with E-state index in [-0.39, 0.29) is 17.2 Å². The lowest BCUT2D eigenvalue weighted by Crippen LogP contribution is -2.45. The monoisotopic (exact) mass is 420 g/mol. The first-order valence-electron chi connectivity index (χ1n) is 9.57. The third kappa shape index (κ3) is 4.85. The third-order valence-electron chi connectivity index (χ3n) is 5.09. The summed E-state index contributed by atoms with van der Waals surface area (Å²) in [6, 6.07) is 11.6. The molecule has 0 bridgehead atoms. The van der Waals surface area contributed by atoms with Crippen LogP contribution >= 0.6 is 0 Å². The van der Waals surface area contributed by atoms with Crippen molar-refractivity contribution in [2.24, 2.45) is 0 Å². The summed E-state index contributed by atoms with van der Waals surface area (Å²) in [4.78, 5) is 8.55. The molecule has 5 nitrogen and oxygen atoms in total. The van der Waals surface area contributed by atoms with Crippen LogP contribution < -0.4 is 0 Å². The molecule has 0 N–H and O–H groups in total. The number of hydrogen-bond acceptors (Lipinski definition) is 5. The van der Waals surface area contributed by atoms with Gasteiger partial charge in [0.15, 0.2) is 0 Å². The van der Waals surface area contributed by atoms with Gasteiger partial charge in [0.2, 0.25) is 11.7 Å². The van der Waals surface area contributed by atoms with Gasteiger partial charge in [-0.25, -0.2) is 4.39 Å². The van der Waals surface area contributed by atoms with E-state index in [0.717, 1.165) is 38.3 Å². The van der Waals surface area contributed by atoms with Gasteiger partial charge in [0, 0.05) is 43.9 Å². The second kappa shape index (κ2) is 8.53. The van der Waals surface area contributed by atoms with Crippen molar-refractivity contribution < 1.29 is 22.1 Å². The van der Waals surface area contributed by atoms with Crippen LogP contribution in [-0.2, 0) is 19.3 Å². The highest BCUT2D eigenvalue weighted by atomic mass is 19.4. The second-order valence-electron chi connectivity index (χ2n) is 7.23. The fourth-order valence-electron chi connectivity index (χ4n) is 3.44. The number of aromatic nitrogens is 2. The van der Waals surface area contributed by atoms with Gasteiger partial charge < -0.3 is 4.52 Å². The Hall–Kier alpha value is -2.78. The van der Waals surface area contributed by atoms with E-state index in [1.165, 1.54) is 18.2 Å². The molecular weight excluding hydrogens is 400 g/mol. The zero-order chi connectivity index (χ0) is 21.1. The molecule has 0 saturated carbocycles. The van der Waals surface area contributed by atoms with Gasteiger partial charge in [-0.15, -0.1) is 0 Å². The fourth-order valence-corrected chi connectivity index (χ4v) is 3.44. The number of alkyl halides is 3. The van der Waals surface area contributed by atoms with Gasteiger partial charge in [-0.05, 0) is 18.2 Å². The first-order chi connectivity index (χ1) is 14.4. The van der Waals surface area contributed by atoms with Crippen LogP contribution in [-0.4, -0.2) is 46.1 Å². The Kier molecular flexibility index (Phi) is 5.83. The van der Waals surface area contributed by atoms with E-state index < -0.39 is 11.7 Å². The van der Waals surface area contributed by atoms with E-state index >= 15 is 0 Å². The van der Waals surface area contributed by atoms with E-state index in [1.807, 2.05) is 6.07 Å². The SMILES string of the molecule is Fc1ccccc1CN1CCN(Cc2nc(-c3cccc(C(F)(F)F)c3)no2)CC1. The molecule has 2 aromatic carbocycles. The molecule has 1 aliphatic rings. The highest BCUT2D eigenvalue weighted by Crippen LogP contribution is 2.31. The summed E-state index contributed by atoms with van der Waals surface area (Å²) in [5.74, 6) is 0.284. The number of nitrogens with zero attached hydrogens (tertiary/aromatic N) is 4. The molecule has 1 saturated heterocycles. The summed E-state index contributed by atoms with van der Waals surface area (Å²) >= 11 is 0. The number of hydrogen-bond donors (Lipinski definition) is 0. The Balaban J connectivity index is 1.34. The highest BCUT2D eigenvalue weighted by Gasteiger charge is 2.31. The summed E-state index contributed by atoms with van der Waals surface area (Å²) in [6.45, 7) is 4.00. The van der Waals surface area contributed by atoms with Crippen LogP contribution in [0.3, 0.4) is 0 Å². The van der Waals surface area contributed by atoms with Crippen molar-refractivity contribution in [3.05, 3.63) is 71.4 Å². The molecule has 3 aromatic rings. The van der Waals surface area contributed by atoms with Crippen molar-refractivity contribution in [2.75, 3.05) is 26.2 Å². The predicted octanol–water partition coefficient (Wildman–Crippen LogP) is 4.21. The van der Waals surface area contributed by atoms with Crippen molar-refractivity contribution in [1.82, 2.24) is 19.9 Å². The standard InChI is InChI=1S/C21H20F4N4O/c22-18-7-2-1-4-16(18)13-28-8-10-29(11-9-28)14-19-26-20(27-30-19)15-5-3-6-17(12-15)21(23,24)25/h1-7,12H,8-11,13-14H2. The molecule has 158 valence electrons. The van der Waals surface area contributed by atoms with Crippen LogP contribution in [0.1, 0.15) is 17.0 Å². The lowest BCUT2D eigenvalue weighted by Gasteiger charge is -2.33. The first-order valence-corrected chi connectivity index (χ1v) is 9.57. The van der Waals surface area contributed by atoms with Crippen LogP contribution in [0.15, 0.2) is 53.1 Å². The van der Waals surface area contributed by atoms with Gasteiger partial charge in [0.25, 0.3) is 0 Å². The van der Waals surface area contributed by atoms with Crippen LogP contribution in [0.4, 0.5) is 17.6 Å². The summed E-state index contributed by atoms with van der Waals surface area (Å²) in [6.07, 6.45) is -4.43. The zero-order valence-corrected chi connectivity index (χ0v) is 16.1. The normalized spacial score (nSPS) is 16.1. The molecule has 9 heteroatoms. The van der Waals surface area contributed by atoms with Crippen molar-refractivity contribution in [3.8, 4) is 11.4 Å². The van der Waals surface area contributed by atoms with Crippen molar-refractivity contribution in [2.45, 2.75) is 19.3 Å². The first kappa shape index (κ1) is 20.5. The number of piperazine rings is 1. The smallest absolute Gasteiger partial charge is 0.338 e. The van der Waals surface area contributed by atoms with Crippen molar-refractivity contribution in [3.63, 3.8) is 0 Å². The molecule has 1 aliphatic heterocycles. The summed E-state index contributed by atoms with van der Waals surface area (Å²) < 4.78 is 57.7. The average Bonchev–Trinajstić information content (AvgIpc) is 3.19. The Bertz CT molecular complexity index is 996. The Morgan fingerprint density at radius 1 is 0.900 bits per heavy atom. The van der Waals surface area contributed by atoms with E-state index in [2.05, 4.69) is 19.9 Å². The van der Waals surface area contributed by atoms with E-state index in [4.69, 9.17) is 4.52 Å². The number of benzene rings is 2. The molecule has 0 radical (unpaired) electrons. The van der Waals surface area contributed by atoms with Gasteiger partial charge in [-0.3, -0.25) is 9.80 Å². The summed E-state index contributed by atoms with van der Waals surface area (Å²) in [5.41, 5.74) is 0.181. The molecule has 30 heavy (non-hydrogen) atoms. The fraction of sp³-hybridized carbons (Fsp3) is 0.333. The van der Waals surface area contributed by atoms with Crippen LogP contribution in [0.25, 0.3) is 11.4 Å². The average molecular weight is 420 g/mol. The molecule has 2 heterocycles. The van der Waals surface area contributed by atoms with Gasteiger partial charge >= 0.3 is 6.18 Å². The Morgan fingerprint density at radius 2 is 1.60 bits per heavy atom. The van der Waals surface area contributed by atoms with Gasteiger partial charge in [-0.2, -0.15) is 18.2 Å². The minimum atomic E-state index is -4.43. The van der Waals surface area contributed by atoms with Crippen LogP contribution in [0.5, 0.6) is 0 Å². The van der Waals surface area contributed by atoms with Crippen molar-refractivity contribution >= 4 is 0 Å². The zero-order valence-electron chi connectivity index (χ0n) is 16.1. The molecule has 4 rings (SSSR count). The number of rotatable bonds is 5. The quantitative estimate of drug-likeness (QED) is 0.579. The van der Waals surface area contributed by atoms with E-state index in [0.29, 0.717) is 24.5 Å². The van der Waals surface area contributed by atoms with Gasteiger partial charge in [0.1, 0.15) is 5.82 Å². The van der Waals surface area contributed by atoms with Gasteiger partial charge in [0.05, 0.1) is 12.1 Å². The topological polar surface area (TPSA) is 45.4 Å². The highest BCUT2D eigenvalue weighted by molar-refractivity contribution is 5.55. The third-order valence-corrected chi connectivity index (χ3v) is 5.09. The largest absolute Gasteiger partial charge is 0.416 e. The Morgan fingerprint density at radius 3 is 2.30 bits per heavy atom. The van der Waals surface area contributed by atoms with Crippen molar-refractivity contribution in [1.29, 1.82) is 0 Å². The maximum atomic E-state index is 13.8. The maximum Gasteiger partial charge on any atom is 0.416 e. The Labute approximate surface area is 170 Å². The maximum absolute atomic E-state index is 13.8. The van der Waals surface area contributed by atoms with E-state index in [9.17, 15) is 17.6 Å². The molecule has 0 amide bonds. The molecule has 0 unspecified atom stereocenters.